The molecule has 0 radical (unpaired) electrons. The number of anilines is 1. The van der Waals surface area contributed by atoms with Crippen molar-refractivity contribution in [3.8, 4) is 0 Å². The van der Waals surface area contributed by atoms with E-state index in [1.165, 1.54) is 0 Å². The Hall–Kier alpha value is -2.74. The van der Waals surface area contributed by atoms with Gasteiger partial charge in [0.15, 0.2) is 5.82 Å². The number of nitrogens with one attached hydrogen (secondary N) is 1. The largest absolute Gasteiger partial charge is 0.382 e. The highest BCUT2D eigenvalue weighted by Gasteiger charge is 2.28. The maximum Gasteiger partial charge on any atom is 0.259 e. The Labute approximate surface area is 150 Å². The Morgan fingerprint density at radius 2 is 2.31 bits per heavy atom. The molecule has 1 aliphatic carbocycles. The van der Waals surface area contributed by atoms with E-state index in [0.29, 0.717) is 40.7 Å². The summed E-state index contributed by atoms with van der Waals surface area (Å²) in [6.07, 6.45) is 4.00. The second-order valence-corrected chi connectivity index (χ2v) is 6.76. The molecule has 3 aromatic rings. The van der Waals surface area contributed by atoms with E-state index in [9.17, 15) is 4.79 Å². The molecule has 136 valence electrons. The molecule has 0 aromatic carbocycles. The van der Waals surface area contributed by atoms with E-state index in [1.807, 2.05) is 26.1 Å². The van der Waals surface area contributed by atoms with Gasteiger partial charge in [-0.3, -0.25) is 9.48 Å². The zero-order valence-electron chi connectivity index (χ0n) is 15.0. The number of aryl methyl sites for hydroxylation is 1. The van der Waals surface area contributed by atoms with Crippen LogP contribution in [0.1, 0.15) is 53.5 Å². The molecule has 1 N–H and O–H groups in total. The normalized spacial score (nSPS) is 15.3. The number of carbonyl (C=O) groups excluding carboxylic acids is 1. The zero-order valence-corrected chi connectivity index (χ0v) is 15.0. The molecule has 1 fully saturated rings. The van der Waals surface area contributed by atoms with Gasteiger partial charge in [-0.2, -0.15) is 5.10 Å². The van der Waals surface area contributed by atoms with Crippen LogP contribution in [0.4, 0.5) is 5.82 Å². The van der Waals surface area contributed by atoms with E-state index in [0.717, 1.165) is 18.5 Å². The third kappa shape index (κ3) is 3.08. The van der Waals surface area contributed by atoms with Crippen molar-refractivity contribution in [1.82, 2.24) is 19.9 Å². The van der Waals surface area contributed by atoms with Gasteiger partial charge in [0.05, 0.1) is 29.3 Å². The molecule has 1 aliphatic rings. The van der Waals surface area contributed by atoms with Crippen LogP contribution in [0.15, 0.2) is 22.9 Å². The lowest BCUT2D eigenvalue weighted by Crippen LogP contribution is -2.15. The summed E-state index contributed by atoms with van der Waals surface area (Å²) in [5, 5.41) is 11.9. The SMILES string of the molecule is COC[C@H](C)n1ccc(NC(=O)c2cc(C3CC3)nc3onc(C)c23)n1. The van der Waals surface area contributed by atoms with Crippen LogP contribution in [-0.4, -0.2) is 39.5 Å². The molecule has 0 bridgehead atoms. The molecule has 0 saturated heterocycles. The highest BCUT2D eigenvalue weighted by Crippen LogP contribution is 2.40. The predicted octanol–water partition coefficient (Wildman–Crippen LogP) is 3.06. The van der Waals surface area contributed by atoms with Crippen LogP contribution in [0.25, 0.3) is 11.1 Å². The Morgan fingerprint density at radius 3 is 3.04 bits per heavy atom. The van der Waals surface area contributed by atoms with Gasteiger partial charge in [0.1, 0.15) is 0 Å². The van der Waals surface area contributed by atoms with Gasteiger partial charge >= 0.3 is 0 Å². The molecule has 0 aliphatic heterocycles. The molecule has 0 unspecified atom stereocenters. The predicted molar refractivity (Wildman–Crippen MR) is 95.3 cm³/mol. The number of aromatic nitrogens is 4. The standard InChI is InChI=1S/C18H21N5O3/c1-10(9-25-3)23-7-6-15(21-23)20-17(24)13-8-14(12-4-5-12)19-18-16(13)11(2)22-26-18/h6-8,10,12H,4-5,9H2,1-3H3,(H,20,21,24)/t10-/m0/s1. The fraction of sp³-hybridized carbons (Fsp3) is 0.444. The van der Waals surface area contributed by atoms with Gasteiger partial charge in [0.2, 0.25) is 0 Å². The van der Waals surface area contributed by atoms with Crippen LogP contribution in [0.5, 0.6) is 0 Å². The maximum atomic E-state index is 12.9. The van der Waals surface area contributed by atoms with Gasteiger partial charge in [-0.1, -0.05) is 5.16 Å². The second kappa shape index (κ2) is 6.53. The summed E-state index contributed by atoms with van der Waals surface area (Å²) in [5.41, 5.74) is 2.48. The first-order valence-corrected chi connectivity index (χ1v) is 8.69. The second-order valence-electron chi connectivity index (χ2n) is 6.76. The molecule has 4 rings (SSSR count). The minimum atomic E-state index is -0.241. The molecule has 1 saturated carbocycles. The minimum Gasteiger partial charge on any atom is -0.382 e. The zero-order chi connectivity index (χ0) is 18.3. The summed E-state index contributed by atoms with van der Waals surface area (Å²) in [7, 11) is 1.65. The first kappa shape index (κ1) is 16.7. The van der Waals surface area contributed by atoms with Crippen LogP contribution in [-0.2, 0) is 4.74 Å². The Bertz CT molecular complexity index is 957. The first-order chi connectivity index (χ1) is 12.6. The number of methoxy groups -OCH3 is 1. The topological polar surface area (TPSA) is 95.1 Å². The molecule has 3 heterocycles. The molecule has 1 amide bonds. The fourth-order valence-electron chi connectivity index (χ4n) is 3.03. The number of pyridine rings is 1. The van der Waals surface area contributed by atoms with Crippen molar-refractivity contribution < 1.29 is 14.1 Å². The summed E-state index contributed by atoms with van der Waals surface area (Å²) >= 11 is 0. The third-order valence-corrected chi connectivity index (χ3v) is 4.59. The third-order valence-electron chi connectivity index (χ3n) is 4.59. The van der Waals surface area contributed by atoms with Crippen molar-refractivity contribution in [2.24, 2.45) is 0 Å². The van der Waals surface area contributed by atoms with Crippen molar-refractivity contribution in [1.29, 1.82) is 0 Å². The Kier molecular flexibility index (Phi) is 4.20. The summed E-state index contributed by atoms with van der Waals surface area (Å²) in [4.78, 5) is 17.4. The highest BCUT2D eigenvalue weighted by molar-refractivity contribution is 6.12. The first-order valence-electron chi connectivity index (χ1n) is 8.69. The lowest BCUT2D eigenvalue weighted by molar-refractivity contribution is 0.102. The van der Waals surface area contributed by atoms with Crippen molar-refractivity contribution in [2.75, 3.05) is 19.0 Å². The number of amides is 1. The Morgan fingerprint density at radius 1 is 1.50 bits per heavy atom. The summed E-state index contributed by atoms with van der Waals surface area (Å²) in [6.45, 7) is 4.35. The number of hydrogen-bond acceptors (Lipinski definition) is 6. The van der Waals surface area contributed by atoms with Gasteiger partial charge in [-0.15, -0.1) is 0 Å². The van der Waals surface area contributed by atoms with Crippen LogP contribution in [0, 0.1) is 6.92 Å². The molecule has 26 heavy (non-hydrogen) atoms. The summed E-state index contributed by atoms with van der Waals surface area (Å²) in [6, 6.07) is 3.70. The molecular weight excluding hydrogens is 334 g/mol. The molecule has 8 nitrogen and oxygen atoms in total. The molecular formula is C18H21N5O3. The van der Waals surface area contributed by atoms with Crippen LogP contribution in [0.2, 0.25) is 0 Å². The van der Waals surface area contributed by atoms with Crippen LogP contribution in [0.3, 0.4) is 0 Å². The van der Waals surface area contributed by atoms with E-state index in [1.54, 1.807) is 17.9 Å². The van der Waals surface area contributed by atoms with Gasteiger partial charge in [0.25, 0.3) is 11.6 Å². The van der Waals surface area contributed by atoms with Crippen LogP contribution >= 0.6 is 0 Å². The van der Waals surface area contributed by atoms with Crippen molar-refractivity contribution in [3.63, 3.8) is 0 Å². The fourth-order valence-corrected chi connectivity index (χ4v) is 3.03. The van der Waals surface area contributed by atoms with E-state index >= 15 is 0 Å². The summed E-state index contributed by atoms with van der Waals surface area (Å²) in [5.74, 6) is 0.658. The average molecular weight is 355 g/mol. The quantitative estimate of drug-likeness (QED) is 0.730. The lowest BCUT2D eigenvalue weighted by Gasteiger charge is -2.10. The maximum absolute atomic E-state index is 12.9. The van der Waals surface area contributed by atoms with Gasteiger partial charge in [0, 0.05) is 31.0 Å². The van der Waals surface area contributed by atoms with Crippen molar-refractivity contribution >= 4 is 22.8 Å². The molecule has 3 aromatic heterocycles. The van der Waals surface area contributed by atoms with Gasteiger partial charge < -0.3 is 14.6 Å². The minimum absolute atomic E-state index is 0.0834. The monoisotopic (exact) mass is 355 g/mol. The summed E-state index contributed by atoms with van der Waals surface area (Å²) < 4.78 is 12.2. The lowest BCUT2D eigenvalue weighted by atomic mass is 10.1. The van der Waals surface area contributed by atoms with E-state index in [4.69, 9.17) is 9.26 Å². The molecule has 1 atom stereocenters. The number of rotatable bonds is 6. The highest BCUT2D eigenvalue weighted by atomic mass is 16.5. The molecule has 0 spiro atoms. The molecule has 8 heteroatoms. The van der Waals surface area contributed by atoms with E-state index in [-0.39, 0.29) is 11.9 Å². The van der Waals surface area contributed by atoms with Crippen molar-refractivity contribution in [3.05, 3.63) is 35.3 Å². The number of carbonyl (C=O) groups is 1. The van der Waals surface area contributed by atoms with Crippen LogP contribution < -0.4 is 5.32 Å². The van der Waals surface area contributed by atoms with Gasteiger partial charge in [-0.05, 0) is 32.8 Å². The average Bonchev–Trinajstić information content (AvgIpc) is 3.27. The van der Waals surface area contributed by atoms with E-state index in [2.05, 4.69) is 20.6 Å². The number of fused-ring (bicyclic) bond motifs is 1. The Balaban J connectivity index is 1.63. The van der Waals surface area contributed by atoms with Crippen molar-refractivity contribution in [2.45, 2.75) is 38.6 Å². The number of hydrogen-bond donors (Lipinski definition) is 1. The number of nitrogens with zero attached hydrogens (tertiary/aromatic N) is 4. The van der Waals surface area contributed by atoms with E-state index < -0.39 is 0 Å². The number of ether oxygens (including phenoxy) is 1. The van der Waals surface area contributed by atoms with Gasteiger partial charge in [-0.25, -0.2) is 4.98 Å². The smallest absolute Gasteiger partial charge is 0.259 e.